The van der Waals surface area contributed by atoms with Gasteiger partial charge in [0.25, 0.3) is 0 Å². The molecule has 0 fully saturated rings. The number of benzene rings is 2. The van der Waals surface area contributed by atoms with Gasteiger partial charge in [0.15, 0.2) is 0 Å². The van der Waals surface area contributed by atoms with Crippen LogP contribution in [0, 0.1) is 24.1 Å². The second-order valence-corrected chi connectivity index (χ2v) is 5.30. The van der Waals surface area contributed by atoms with E-state index in [0.29, 0.717) is 11.1 Å². The molecule has 0 atom stereocenters. The van der Waals surface area contributed by atoms with Gasteiger partial charge >= 0.3 is 0 Å². The molecule has 0 saturated heterocycles. The first kappa shape index (κ1) is 14.8. The highest BCUT2D eigenvalue weighted by Crippen LogP contribution is 2.21. The first-order valence-electron chi connectivity index (χ1n) is 7.29. The lowest BCUT2D eigenvalue weighted by atomic mass is 10.1. The number of hydrogen-bond acceptors (Lipinski definition) is 1. The monoisotopic (exact) mass is 302 g/mol. The number of allylic oxidation sites excluding steroid dienone is 1. The van der Waals surface area contributed by atoms with E-state index in [-0.39, 0.29) is 5.82 Å². The molecule has 0 saturated carbocycles. The molecule has 0 radical (unpaired) electrons. The molecule has 1 aromatic heterocycles. The summed E-state index contributed by atoms with van der Waals surface area (Å²) in [5, 5.41) is 9.38. The van der Waals surface area contributed by atoms with Crippen molar-refractivity contribution < 1.29 is 4.39 Å². The van der Waals surface area contributed by atoms with Crippen molar-refractivity contribution in [3.63, 3.8) is 0 Å². The lowest BCUT2D eigenvalue weighted by molar-refractivity contribution is 0.627. The summed E-state index contributed by atoms with van der Waals surface area (Å²) in [5.41, 5.74) is 4.31. The van der Waals surface area contributed by atoms with Gasteiger partial charge in [0, 0.05) is 17.6 Å². The molecule has 23 heavy (non-hydrogen) atoms. The highest BCUT2D eigenvalue weighted by Gasteiger charge is 2.06. The third kappa shape index (κ3) is 3.22. The molecule has 0 aliphatic carbocycles. The van der Waals surface area contributed by atoms with E-state index in [9.17, 15) is 9.65 Å². The molecular formula is C20H15FN2. The predicted molar refractivity (Wildman–Crippen MR) is 90.4 cm³/mol. The maximum atomic E-state index is 13.0. The Hall–Kier alpha value is -3.12. The maximum Gasteiger partial charge on any atom is 0.123 e. The van der Waals surface area contributed by atoms with Crippen molar-refractivity contribution in [2.45, 2.75) is 6.92 Å². The van der Waals surface area contributed by atoms with Crippen LogP contribution in [0.15, 0.2) is 66.9 Å². The summed E-state index contributed by atoms with van der Waals surface area (Å²) < 4.78 is 15.1. The Morgan fingerprint density at radius 3 is 2.43 bits per heavy atom. The Kier molecular flexibility index (Phi) is 4.07. The minimum atomic E-state index is -0.308. The third-order valence-corrected chi connectivity index (χ3v) is 3.65. The molecule has 0 aliphatic rings. The summed E-state index contributed by atoms with van der Waals surface area (Å²) >= 11 is 0. The van der Waals surface area contributed by atoms with E-state index in [4.69, 9.17) is 0 Å². The van der Waals surface area contributed by atoms with Crippen molar-refractivity contribution in [1.82, 2.24) is 4.57 Å². The highest BCUT2D eigenvalue weighted by atomic mass is 19.1. The Morgan fingerprint density at radius 1 is 1.09 bits per heavy atom. The molecule has 2 aromatic carbocycles. The van der Waals surface area contributed by atoms with Crippen molar-refractivity contribution in [2.24, 2.45) is 0 Å². The quantitative estimate of drug-likeness (QED) is 0.627. The van der Waals surface area contributed by atoms with E-state index in [2.05, 4.69) is 10.6 Å². The number of aryl methyl sites for hydroxylation is 1. The predicted octanol–water partition coefficient (Wildman–Crippen LogP) is 4.99. The molecule has 112 valence electrons. The molecular weight excluding hydrogens is 287 g/mol. The zero-order chi connectivity index (χ0) is 16.2. The fourth-order valence-electron chi connectivity index (χ4n) is 2.52. The number of rotatable bonds is 3. The van der Waals surface area contributed by atoms with Gasteiger partial charge in [-0.05, 0) is 54.5 Å². The summed E-state index contributed by atoms with van der Waals surface area (Å²) in [4.78, 5) is 0. The Morgan fingerprint density at radius 2 is 1.78 bits per heavy atom. The number of halogens is 1. The smallest absolute Gasteiger partial charge is 0.123 e. The Balaban J connectivity index is 1.99. The number of aromatic nitrogens is 1. The Bertz CT molecular complexity index is 882. The standard InChI is InChI=1S/C20H15FN2/c1-15-11-16(14-23(15)20-5-3-2-4-6-20)12-18(13-22)17-7-9-19(21)10-8-17/h2-12,14H,1H3/b18-12+. The summed E-state index contributed by atoms with van der Waals surface area (Å²) in [7, 11) is 0. The number of para-hydroxylation sites is 1. The van der Waals surface area contributed by atoms with Gasteiger partial charge in [-0.25, -0.2) is 4.39 Å². The summed E-state index contributed by atoms with van der Waals surface area (Å²) in [6, 6.07) is 20.2. The fourth-order valence-corrected chi connectivity index (χ4v) is 2.52. The van der Waals surface area contributed by atoms with Gasteiger partial charge in [0.05, 0.1) is 11.6 Å². The van der Waals surface area contributed by atoms with Crippen LogP contribution in [-0.2, 0) is 0 Å². The summed E-state index contributed by atoms with van der Waals surface area (Å²) in [6.07, 6.45) is 3.81. The number of hydrogen-bond donors (Lipinski definition) is 0. The first-order valence-corrected chi connectivity index (χ1v) is 7.29. The van der Waals surface area contributed by atoms with Crippen LogP contribution < -0.4 is 0 Å². The van der Waals surface area contributed by atoms with Crippen molar-refractivity contribution in [3.8, 4) is 11.8 Å². The van der Waals surface area contributed by atoms with E-state index in [0.717, 1.165) is 16.9 Å². The normalized spacial score (nSPS) is 11.3. The topological polar surface area (TPSA) is 28.7 Å². The van der Waals surface area contributed by atoms with Gasteiger partial charge < -0.3 is 4.57 Å². The molecule has 0 amide bonds. The van der Waals surface area contributed by atoms with Gasteiger partial charge in [-0.2, -0.15) is 5.26 Å². The van der Waals surface area contributed by atoms with Crippen LogP contribution in [0.4, 0.5) is 4.39 Å². The second-order valence-electron chi connectivity index (χ2n) is 5.30. The number of nitrogens with zero attached hydrogens (tertiary/aromatic N) is 2. The van der Waals surface area contributed by atoms with Crippen LogP contribution in [0.1, 0.15) is 16.8 Å². The zero-order valence-electron chi connectivity index (χ0n) is 12.7. The molecule has 1 heterocycles. The molecule has 3 aromatic rings. The van der Waals surface area contributed by atoms with Crippen molar-refractivity contribution in [1.29, 1.82) is 5.26 Å². The Labute approximate surface area is 134 Å². The maximum absolute atomic E-state index is 13.0. The SMILES string of the molecule is Cc1cc(/C=C(\C#N)c2ccc(F)cc2)cn1-c1ccccc1. The molecule has 0 aliphatic heterocycles. The molecule has 0 bridgehead atoms. The van der Waals surface area contributed by atoms with Crippen LogP contribution in [0.2, 0.25) is 0 Å². The van der Waals surface area contributed by atoms with E-state index < -0.39 is 0 Å². The first-order chi connectivity index (χ1) is 11.2. The van der Waals surface area contributed by atoms with Crippen molar-refractivity contribution in [3.05, 3.63) is 89.5 Å². The summed E-state index contributed by atoms with van der Waals surface area (Å²) in [6.45, 7) is 2.02. The van der Waals surface area contributed by atoms with Crippen LogP contribution in [-0.4, -0.2) is 4.57 Å². The van der Waals surface area contributed by atoms with Crippen LogP contribution in [0.5, 0.6) is 0 Å². The largest absolute Gasteiger partial charge is 0.321 e. The van der Waals surface area contributed by atoms with Crippen molar-refractivity contribution >= 4 is 11.6 Å². The van der Waals surface area contributed by atoms with E-state index in [1.807, 2.05) is 55.6 Å². The molecule has 0 unspecified atom stereocenters. The number of nitriles is 1. The fraction of sp³-hybridized carbons (Fsp3) is 0.0500. The lowest BCUT2D eigenvalue weighted by Crippen LogP contribution is -1.92. The lowest BCUT2D eigenvalue weighted by Gasteiger charge is -2.04. The second kappa shape index (κ2) is 6.33. The summed E-state index contributed by atoms with van der Waals surface area (Å²) in [5.74, 6) is -0.308. The van der Waals surface area contributed by atoms with Gasteiger partial charge in [0.2, 0.25) is 0 Å². The van der Waals surface area contributed by atoms with E-state index in [1.165, 1.54) is 12.1 Å². The zero-order valence-corrected chi connectivity index (χ0v) is 12.7. The minimum absolute atomic E-state index is 0.308. The molecule has 3 heteroatoms. The average molecular weight is 302 g/mol. The molecule has 0 spiro atoms. The van der Waals surface area contributed by atoms with E-state index >= 15 is 0 Å². The van der Waals surface area contributed by atoms with Gasteiger partial charge in [-0.1, -0.05) is 30.3 Å². The van der Waals surface area contributed by atoms with Gasteiger partial charge in [-0.15, -0.1) is 0 Å². The third-order valence-electron chi connectivity index (χ3n) is 3.65. The average Bonchev–Trinajstić information content (AvgIpc) is 2.95. The molecule has 3 rings (SSSR count). The van der Waals surface area contributed by atoms with E-state index in [1.54, 1.807) is 12.1 Å². The van der Waals surface area contributed by atoms with Crippen LogP contribution in [0.3, 0.4) is 0 Å². The van der Waals surface area contributed by atoms with Gasteiger partial charge in [-0.3, -0.25) is 0 Å². The minimum Gasteiger partial charge on any atom is -0.321 e. The molecule has 0 N–H and O–H groups in total. The van der Waals surface area contributed by atoms with Crippen LogP contribution in [0.25, 0.3) is 17.3 Å². The van der Waals surface area contributed by atoms with Crippen molar-refractivity contribution in [2.75, 3.05) is 0 Å². The molecule has 2 nitrogen and oxygen atoms in total. The van der Waals surface area contributed by atoms with Gasteiger partial charge in [0.1, 0.15) is 5.82 Å². The highest BCUT2D eigenvalue weighted by molar-refractivity contribution is 5.89. The van der Waals surface area contributed by atoms with Crippen LogP contribution >= 0.6 is 0 Å².